The van der Waals surface area contributed by atoms with E-state index >= 15 is 0 Å². The molecule has 3 rings (SSSR count). The average Bonchev–Trinajstić information content (AvgIpc) is 2.87. The van der Waals surface area contributed by atoms with Gasteiger partial charge in [0.1, 0.15) is 5.82 Å². The minimum Gasteiger partial charge on any atom is -0.363 e. The van der Waals surface area contributed by atoms with Gasteiger partial charge in [-0.1, -0.05) is 0 Å². The van der Waals surface area contributed by atoms with Crippen LogP contribution in [0.4, 0.5) is 11.8 Å². The molecule has 2 aromatic rings. The lowest BCUT2D eigenvalue weighted by Gasteiger charge is -2.33. The number of hydrogen-bond donors (Lipinski definition) is 1. The number of nitrogens with one attached hydrogen (secondary N) is 1. The van der Waals surface area contributed by atoms with Crippen molar-refractivity contribution in [2.24, 2.45) is 7.05 Å². The maximum atomic E-state index is 4.56. The first-order valence-electron chi connectivity index (χ1n) is 8.51. The third-order valence-corrected chi connectivity index (χ3v) is 4.56. The SMILES string of the molecule is Cc1nn(C)c(N(C)C)c1CN[C@H]1CCCN(c2ncccn2)C1. The molecule has 130 valence electrons. The van der Waals surface area contributed by atoms with Crippen molar-refractivity contribution < 1.29 is 0 Å². The van der Waals surface area contributed by atoms with Crippen LogP contribution in [0.2, 0.25) is 0 Å². The van der Waals surface area contributed by atoms with E-state index in [4.69, 9.17) is 0 Å². The Balaban J connectivity index is 1.65. The largest absolute Gasteiger partial charge is 0.363 e. The topological polar surface area (TPSA) is 62.1 Å². The Bertz CT molecular complexity index is 665. The summed E-state index contributed by atoms with van der Waals surface area (Å²) in [5.74, 6) is 1.99. The van der Waals surface area contributed by atoms with Gasteiger partial charge >= 0.3 is 0 Å². The van der Waals surface area contributed by atoms with Crippen LogP contribution in [0.1, 0.15) is 24.1 Å². The summed E-state index contributed by atoms with van der Waals surface area (Å²) in [6.07, 6.45) is 5.95. The standard InChI is InChI=1S/C17H27N7/c1-13-15(16(22(2)3)23(4)21-13)11-20-14-7-5-10-24(12-14)17-18-8-6-9-19-17/h6,8-9,14,20H,5,7,10-12H2,1-4H3/t14-/m0/s1. The Morgan fingerprint density at radius 3 is 2.75 bits per heavy atom. The van der Waals surface area contributed by atoms with Gasteiger partial charge in [0.25, 0.3) is 0 Å². The van der Waals surface area contributed by atoms with E-state index in [2.05, 4.69) is 51.2 Å². The normalized spacial score (nSPS) is 18.0. The second-order valence-electron chi connectivity index (χ2n) is 6.62. The number of piperidine rings is 1. The quantitative estimate of drug-likeness (QED) is 0.893. The highest BCUT2D eigenvalue weighted by molar-refractivity contribution is 5.48. The number of rotatable bonds is 5. The van der Waals surface area contributed by atoms with E-state index < -0.39 is 0 Å². The summed E-state index contributed by atoms with van der Waals surface area (Å²) < 4.78 is 1.96. The van der Waals surface area contributed by atoms with Gasteiger partial charge in [0.05, 0.1) is 5.69 Å². The smallest absolute Gasteiger partial charge is 0.225 e. The first-order valence-corrected chi connectivity index (χ1v) is 8.51. The zero-order chi connectivity index (χ0) is 17.1. The van der Waals surface area contributed by atoms with Crippen molar-refractivity contribution in [3.63, 3.8) is 0 Å². The second kappa shape index (κ2) is 7.17. The molecule has 0 radical (unpaired) electrons. The average molecular weight is 329 g/mol. The summed E-state index contributed by atoms with van der Waals surface area (Å²) in [6, 6.07) is 2.30. The first-order chi connectivity index (χ1) is 11.6. The van der Waals surface area contributed by atoms with Crippen LogP contribution in [-0.4, -0.2) is 53.0 Å². The zero-order valence-electron chi connectivity index (χ0n) is 15.0. The highest BCUT2D eigenvalue weighted by Gasteiger charge is 2.22. The van der Waals surface area contributed by atoms with Crippen LogP contribution >= 0.6 is 0 Å². The molecule has 0 bridgehead atoms. The molecule has 0 spiro atoms. The first kappa shape index (κ1) is 16.7. The summed E-state index contributed by atoms with van der Waals surface area (Å²) >= 11 is 0. The lowest BCUT2D eigenvalue weighted by molar-refractivity contribution is 0.418. The molecule has 7 nitrogen and oxygen atoms in total. The van der Waals surface area contributed by atoms with Crippen molar-refractivity contribution in [3.05, 3.63) is 29.7 Å². The number of nitrogens with zero attached hydrogens (tertiary/aromatic N) is 6. The minimum atomic E-state index is 0.442. The van der Waals surface area contributed by atoms with Gasteiger partial charge in [0.2, 0.25) is 5.95 Å². The molecule has 3 heterocycles. The fourth-order valence-corrected chi connectivity index (χ4v) is 3.48. The van der Waals surface area contributed by atoms with Gasteiger partial charge in [0.15, 0.2) is 0 Å². The highest BCUT2D eigenvalue weighted by atomic mass is 15.4. The molecular weight excluding hydrogens is 302 g/mol. The van der Waals surface area contributed by atoms with Crippen molar-refractivity contribution in [1.82, 2.24) is 25.1 Å². The third-order valence-electron chi connectivity index (χ3n) is 4.56. The van der Waals surface area contributed by atoms with E-state index in [0.29, 0.717) is 6.04 Å². The van der Waals surface area contributed by atoms with Crippen LogP contribution in [0.3, 0.4) is 0 Å². The summed E-state index contributed by atoms with van der Waals surface area (Å²) in [5.41, 5.74) is 2.36. The van der Waals surface area contributed by atoms with Crippen molar-refractivity contribution in [3.8, 4) is 0 Å². The minimum absolute atomic E-state index is 0.442. The van der Waals surface area contributed by atoms with Gasteiger partial charge in [-0.2, -0.15) is 5.10 Å². The van der Waals surface area contributed by atoms with Crippen LogP contribution in [-0.2, 0) is 13.6 Å². The van der Waals surface area contributed by atoms with Crippen LogP contribution < -0.4 is 15.1 Å². The van der Waals surface area contributed by atoms with Crippen LogP contribution in [0.5, 0.6) is 0 Å². The lowest BCUT2D eigenvalue weighted by atomic mass is 10.1. The Morgan fingerprint density at radius 2 is 2.04 bits per heavy atom. The predicted molar refractivity (Wildman–Crippen MR) is 96.4 cm³/mol. The van der Waals surface area contributed by atoms with Crippen molar-refractivity contribution in [1.29, 1.82) is 0 Å². The Kier molecular flexibility index (Phi) is 4.99. The zero-order valence-corrected chi connectivity index (χ0v) is 15.0. The fourth-order valence-electron chi connectivity index (χ4n) is 3.48. The number of aryl methyl sites for hydroxylation is 2. The van der Waals surface area contributed by atoms with E-state index in [1.807, 2.05) is 30.2 Å². The molecule has 0 aromatic carbocycles. The molecule has 0 unspecified atom stereocenters. The van der Waals surface area contributed by atoms with Gasteiger partial charge < -0.3 is 15.1 Å². The molecule has 1 aliphatic rings. The van der Waals surface area contributed by atoms with E-state index in [9.17, 15) is 0 Å². The molecule has 1 atom stereocenters. The predicted octanol–water partition coefficient (Wildman–Crippen LogP) is 1.34. The molecule has 0 saturated carbocycles. The highest BCUT2D eigenvalue weighted by Crippen LogP contribution is 2.22. The number of anilines is 2. The molecular formula is C17H27N7. The molecule has 1 fully saturated rings. The van der Waals surface area contributed by atoms with Gasteiger partial charge in [-0.25, -0.2) is 9.97 Å². The van der Waals surface area contributed by atoms with Crippen LogP contribution in [0, 0.1) is 6.92 Å². The monoisotopic (exact) mass is 329 g/mol. The van der Waals surface area contributed by atoms with E-state index in [-0.39, 0.29) is 0 Å². The maximum Gasteiger partial charge on any atom is 0.225 e. The Labute approximate surface area is 143 Å². The second-order valence-corrected chi connectivity index (χ2v) is 6.62. The van der Waals surface area contributed by atoms with E-state index in [0.717, 1.165) is 37.7 Å². The van der Waals surface area contributed by atoms with Crippen molar-refractivity contribution >= 4 is 11.8 Å². The molecule has 0 aliphatic carbocycles. The van der Waals surface area contributed by atoms with Gasteiger partial charge in [-0.05, 0) is 25.8 Å². The summed E-state index contributed by atoms with van der Waals surface area (Å²) in [6.45, 7) is 4.88. The summed E-state index contributed by atoms with van der Waals surface area (Å²) in [5, 5.41) is 8.27. The molecule has 0 amide bonds. The number of hydrogen-bond acceptors (Lipinski definition) is 6. The van der Waals surface area contributed by atoms with Gasteiger partial charge in [0, 0.05) is 64.8 Å². The maximum absolute atomic E-state index is 4.56. The van der Waals surface area contributed by atoms with Crippen molar-refractivity contribution in [2.75, 3.05) is 37.0 Å². The van der Waals surface area contributed by atoms with Gasteiger partial charge in [-0.3, -0.25) is 4.68 Å². The van der Waals surface area contributed by atoms with Crippen LogP contribution in [0.15, 0.2) is 18.5 Å². The number of aromatic nitrogens is 4. The van der Waals surface area contributed by atoms with Crippen molar-refractivity contribution in [2.45, 2.75) is 32.4 Å². The fraction of sp³-hybridized carbons (Fsp3) is 0.588. The van der Waals surface area contributed by atoms with E-state index in [1.54, 1.807) is 0 Å². The summed E-state index contributed by atoms with van der Waals surface area (Å²) in [4.78, 5) is 13.1. The Morgan fingerprint density at radius 1 is 1.29 bits per heavy atom. The third kappa shape index (κ3) is 3.51. The molecule has 1 saturated heterocycles. The van der Waals surface area contributed by atoms with Gasteiger partial charge in [-0.15, -0.1) is 0 Å². The lowest BCUT2D eigenvalue weighted by Crippen LogP contribution is -2.46. The van der Waals surface area contributed by atoms with E-state index in [1.165, 1.54) is 17.8 Å². The summed E-state index contributed by atoms with van der Waals surface area (Å²) in [7, 11) is 6.13. The van der Waals surface area contributed by atoms with Crippen LogP contribution in [0.25, 0.3) is 0 Å². The molecule has 24 heavy (non-hydrogen) atoms. The molecule has 7 heteroatoms. The molecule has 1 N–H and O–H groups in total. The Hall–Kier alpha value is -2.15. The molecule has 1 aliphatic heterocycles. The molecule has 2 aromatic heterocycles.